The summed E-state index contributed by atoms with van der Waals surface area (Å²) in [6.07, 6.45) is 35.4. The van der Waals surface area contributed by atoms with E-state index in [-0.39, 0.29) is 18.9 Å². The molecule has 0 spiro atoms. The largest absolute Gasteiger partial charge is 0.394 e. The maximum absolute atomic E-state index is 13.5. The topological polar surface area (TPSA) is 307 Å². The Hall–Kier alpha value is -1.73. The number of carbonyl (C=O) groups is 1. The molecule has 3 aliphatic rings. The summed E-state index contributed by atoms with van der Waals surface area (Å²) < 4.78 is 34.5. The lowest BCUT2D eigenvalue weighted by molar-refractivity contribution is -0.379. The summed E-state index contributed by atoms with van der Waals surface area (Å²) in [7, 11) is 0. The second-order valence-electron chi connectivity index (χ2n) is 26.8. The van der Waals surface area contributed by atoms with E-state index in [0.29, 0.717) is 12.8 Å². The summed E-state index contributed by atoms with van der Waals surface area (Å²) in [5.41, 5.74) is 0. The molecule has 0 saturated carbocycles. The van der Waals surface area contributed by atoms with Crippen LogP contribution in [0, 0.1) is 0 Å². The van der Waals surface area contributed by atoms with Crippen LogP contribution in [0.5, 0.6) is 0 Å². The predicted molar refractivity (Wildman–Crippen MR) is 356 cm³/mol. The molecule has 3 rings (SSSR count). The number of allylic oxidation sites excluding steroid dienone is 4. The second kappa shape index (κ2) is 54.3. The molecule has 0 aromatic heterocycles. The zero-order chi connectivity index (χ0) is 66.1. The normalized spacial score (nSPS) is 27.9. The number of aliphatic hydroxyl groups is 11. The van der Waals surface area contributed by atoms with Gasteiger partial charge in [-0.3, -0.25) is 4.79 Å². The molecule has 0 radical (unpaired) electrons. The molecular weight excluding hydrogens is 1170 g/mol. The lowest BCUT2D eigenvalue weighted by atomic mass is 9.96. The van der Waals surface area contributed by atoms with Crippen LogP contribution in [-0.2, 0) is 33.2 Å². The Bertz CT molecular complexity index is 1750. The quantitative estimate of drug-likeness (QED) is 0.0199. The van der Waals surface area contributed by atoms with E-state index < -0.39 is 124 Å². The van der Waals surface area contributed by atoms with Crippen LogP contribution in [0.25, 0.3) is 0 Å². The molecule has 3 fully saturated rings. The van der Waals surface area contributed by atoms with Crippen LogP contribution < -0.4 is 5.32 Å². The third kappa shape index (κ3) is 35.9. The Labute approximate surface area is 549 Å². The highest BCUT2D eigenvalue weighted by atomic mass is 16.8. The molecule has 0 aromatic rings. The minimum absolute atomic E-state index is 0.238. The Balaban J connectivity index is 1.40. The van der Waals surface area contributed by atoms with Crippen molar-refractivity contribution < 1.29 is 89.4 Å². The summed E-state index contributed by atoms with van der Waals surface area (Å²) in [6.45, 7) is 1.83. The number of unbranched alkanes of at least 4 members (excludes halogenated alkanes) is 38. The van der Waals surface area contributed by atoms with Gasteiger partial charge in [-0.2, -0.15) is 0 Å². The molecule has 91 heavy (non-hydrogen) atoms. The number of hydrogen-bond donors (Lipinski definition) is 12. The van der Waals surface area contributed by atoms with Gasteiger partial charge in [0.05, 0.1) is 38.6 Å². The van der Waals surface area contributed by atoms with Crippen LogP contribution in [0.3, 0.4) is 0 Å². The van der Waals surface area contributed by atoms with Crippen molar-refractivity contribution in [1.29, 1.82) is 0 Å². The van der Waals surface area contributed by atoms with E-state index in [1.54, 1.807) is 0 Å². The van der Waals surface area contributed by atoms with Crippen LogP contribution in [0.1, 0.15) is 296 Å². The molecule has 0 bridgehead atoms. The lowest BCUT2D eigenvalue weighted by Crippen LogP contribution is -2.66. The molecule has 0 aromatic carbocycles. The summed E-state index contributed by atoms with van der Waals surface area (Å²) in [5, 5.41) is 121. The Morgan fingerprint density at radius 1 is 0.396 bits per heavy atom. The maximum atomic E-state index is 13.5. The molecular formula is C72H135NO18. The number of amides is 1. The van der Waals surface area contributed by atoms with Crippen molar-refractivity contribution in [3.63, 3.8) is 0 Å². The zero-order valence-corrected chi connectivity index (χ0v) is 56.8. The SMILES string of the molecule is CCCCCCC/C=C\C/C=C\CCCCCCCCCCCCCCCCCC(=O)NC(COC1OC(CO)C(OC2OC(CO)C(OC3OC(CO)C(O)C(O)C3O)C(O)C2O)C(O)C1O)C(O)CCCCCCCCCCCCCCCCCCCCC. The second-order valence-corrected chi connectivity index (χ2v) is 26.8. The molecule has 3 aliphatic heterocycles. The Kier molecular flexibility index (Phi) is 49.8. The third-order valence-electron chi connectivity index (χ3n) is 18.8. The van der Waals surface area contributed by atoms with Gasteiger partial charge in [-0.15, -0.1) is 0 Å². The monoisotopic (exact) mass is 1300 g/mol. The van der Waals surface area contributed by atoms with Crippen molar-refractivity contribution in [3.05, 3.63) is 24.3 Å². The first-order valence-corrected chi connectivity index (χ1v) is 37.1. The maximum Gasteiger partial charge on any atom is 0.220 e. The van der Waals surface area contributed by atoms with Crippen LogP contribution in [0.4, 0.5) is 0 Å². The molecule has 536 valence electrons. The fraction of sp³-hybridized carbons (Fsp3) is 0.931. The van der Waals surface area contributed by atoms with Crippen molar-refractivity contribution in [2.24, 2.45) is 0 Å². The van der Waals surface area contributed by atoms with E-state index >= 15 is 0 Å². The van der Waals surface area contributed by atoms with E-state index in [9.17, 15) is 61.0 Å². The predicted octanol–water partition coefficient (Wildman–Crippen LogP) is 10.6. The van der Waals surface area contributed by atoms with E-state index in [0.717, 1.165) is 51.4 Å². The molecule has 1 amide bonds. The highest BCUT2D eigenvalue weighted by Gasteiger charge is 2.53. The van der Waals surface area contributed by atoms with Gasteiger partial charge in [-0.1, -0.05) is 269 Å². The lowest BCUT2D eigenvalue weighted by Gasteiger charge is -2.48. The minimum atomic E-state index is -1.97. The van der Waals surface area contributed by atoms with Crippen molar-refractivity contribution in [1.82, 2.24) is 5.32 Å². The van der Waals surface area contributed by atoms with Crippen LogP contribution in [-0.4, -0.2) is 193 Å². The molecule has 19 nitrogen and oxygen atoms in total. The van der Waals surface area contributed by atoms with Crippen molar-refractivity contribution >= 4 is 5.91 Å². The number of aliphatic hydroxyl groups excluding tert-OH is 11. The van der Waals surface area contributed by atoms with E-state index in [1.165, 1.54) is 212 Å². The summed E-state index contributed by atoms with van der Waals surface area (Å²) in [5.74, 6) is -0.238. The van der Waals surface area contributed by atoms with Gasteiger partial charge < -0.3 is 89.9 Å². The molecule has 12 N–H and O–H groups in total. The Morgan fingerprint density at radius 2 is 0.725 bits per heavy atom. The van der Waals surface area contributed by atoms with E-state index in [1.807, 2.05) is 0 Å². The summed E-state index contributed by atoms with van der Waals surface area (Å²) >= 11 is 0. The standard InChI is InChI=1S/C72H135NO18/c1-3-5-7-9-11-13-15-17-19-21-23-24-25-26-27-28-29-30-32-34-36-38-40-42-44-46-48-50-60(78)73-55(56(77)49-47-45-43-41-39-37-35-33-31-22-20-18-16-14-12-10-8-6-4-2)54-86-70-66(84)63(81)68(58(52-75)88-70)91-72-67(85)64(82)69(59(53-76)89-72)90-71-65(83)62(80)61(79)57(51-74)87-71/h15,17,21,23,55-59,61-72,74-77,79-85H,3-14,16,18-20,22,24-54H2,1-2H3,(H,73,78)/b17-15-,23-21-. The smallest absolute Gasteiger partial charge is 0.220 e. The van der Waals surface area contributed by atoms with Gasteiger partial charge in [-0.05, 0) is 44.9 Å². The zero-order valence-electron chi connectivity index (χ0n) is 56.8. The fourth-order valence-electron chi connectivity index (χ4n) is 12.8. The Morgan fingerprint density at radius 3 is 1.12 bits per heavy atom. The minimum Gasteiger partial charge on any atom is -0.394 e. The molecule has 0 aliphatic carbocycles. The van der Waals surface area contributed by atoms with Gasteiger partial charge >= 0.3 is 0 Å². The van der Waals surface area contributed by atoms with E-state index in [2.05, 4.69) is 43.5 Å². The summed E-state index contributed by atoms with van der Waals surface area (Å²) in [4.78, 5) is 13.5. The average molecular weight is 1300 g/mol. The highest BCUT2D eigenvalue weighted by molar-refractivity contribution is 5.76. The highest BCUT2D eigenvalue weighted by Crippen LogP contribution is 2.33. The van der Waals surface area contributed by atoms with Crippen LogP contribution >= 0.6 is 0 Å². The van der Waals surface area contributed by atoms with Crippen molar-refractivity contribution in [2.75, 3.05) is 26.4 Å². The number of rotatable bonds is 58. The van der Waals surface area contributed by atoms with Gasteiger partial charge in [0.25, 0.3) is 0 Å². The molecule has 3 saturated heterocycles. The van der Waals surface area contributed by atoms with Gasteiger partial charge in [0.15, 0.2) is 18.9 Å². The number of carbonyl (C=O) groups excluding carboxylic acids is 1. The van der Waals surface area contributed by atoms with Crippen molar-refractivity contribution in [3.8, 4) is 0 Å². The van der Waals surface area contributed by atoms with Gasteiger partial charge in [0, 0.05) is 6.42 Å². The van der Waals surface area contributed by atoms with Gasteiger partial charge in [0.1, 0.15) is 73.2 Å². The van der Waals surface area contributed by atoms with Crippen LogP contribution in [0.2, 0.25) is 0 Å². The first-order valence-electron chi connectivity index (χ1n) is 37.1. The first kappa shape index (κ1) is 83.5. The molecule has 19 heteroatoms. The van der Waals surface area contributed by atoms with Gasteiger partial charge in [-0.25, -0.2) is 0 Å². The summed E-state index contributed by atoms with van der Waals surface area (Å²) in [6, 6.07) is -0.886. The molecule has 3 heterocycles. The van der Waals surface area contributed by atoms with Crippen molar-refractivity contribution in [2.45, 2.75) is 401 Å². The number of nitrogens with one attached hydrogen (secondary N) is 1. The fourth-order valence-corrected chi connectivity index (χ4v) is 12.8. The number of hydrogen-bond acceptors (Lipinski definition) is 18. The van der Waals surface area contributed by atoms with Gasteiger partial charge in [0.2, 0.25) is 5.91 Å². The van der Waals surface area contributed by atoms with E-state index in [4.69, 9.17) is 28.4 Å². The number of ether oxygens (including phenoxy) is 6. The molecule has 17 atom stereocenters. The first-order chi connectivity index (χ1) is 44.3. The van der Waals surface area contributed by atoms with Crippen LogP contribution in [0.15, 0.2) is 24.3 Å². The average Bonchev–Trinajstić information content (AvgIpc) is 0.885. The molecule has 17 unspecified atom stereocenters. The third-order valence-corrected chi connectivity index (χ3v) is 18.8.